The molecule has 0 bridgehead atoms. The number of hydrogen-bond acceptors (Lipinski definition) is 9. The fourth-order valence-corrected chi connectivity index (χ4v) is 7.82. The Labute approximate surface area is 289 Å². The van der Waals surface area contributed by atoms with Crippen LogP contribution < -0.4 is 4.90 Å². The highest BCUT2D eigenvalue weighted by molar-refractivity contribution is 7.86. The van der Waals surface area contributed by atoms with E-state index in [0.29, 0.717) is 64.2 Å². The maximum Gasteiger partial charge on any atom is 0.303 e. The second kappa shape index (κ2) is 15.2. The summed E-state index contributed by atoms with van der Waals surface area (Å²) in [5, 5.41) is 9.10. The van der Waals surface area contributed by atoms with Gasteiger partial charge in [0.2, 0.25) is 5.69 Å². The van der Waals surface area contributed by atoms with Crippen LogP contribution in [0.25, 0.3) is 0 Å². The maximum absolute atomic E-state index is 12.2. The molecule has 2 heterocycles. The number of nitrogens with zero attached hydrogens (tertiary/aromatic N) is 2. The van der Waals surface area contributed by atoms with Crippen molar-refractivity contribution < 1.29 is 49.9 Å². The molecule has 4 rings (SSSR count). The molecule has 1 unspecified atom stereocenters. The number of carboxylic acids is 1. The number of methoxy groups -OCH3 is 1. The first-order chi connectivity index (χ1) is 23.0. The molecule has 0 aromatic heterocycles. The lowest BCUT2D eigenvalue weighted by molar-refractivity contribution is -0.433. The molecule has 0 spiro atoms. The SMILES string of the molecule is CC[N+]1=C(C=CC=C2N(CCCCCC(=O)O)c3ccc(S(=O)(=O)O)cc3C2(C)CCOCCOC)C(C)(C)c2cc(S(=O)(=O)[O-])ccc21. The monoisotopic (exact) mass is 718 g/mol. The molecule has 2 aromatic rings. The zero-order valence-electron chi connectivity index (χ0n) is 28.6. The molecule has 2 aliphatic rings. The van der Waals surface area contributed by atoms with Gasteiger partial charge in [0.15, 0.2) is 5.71 Å². The Morgan fingerprint density at radius 1 is 0.980 bits per heavy atom. The molecule has 1 atom stereocenters. The van der Waals surface area contributed by atoms with Crippen molar-refractivity contribution >= 4 is 43.3 Å². The van der Waals surface area contributed by atoms with Crippen LogP contribution in [0.2, 0.25) is 0 Å². The Bertz CT molecular complexity index is 1880. The molecule has 0 aliphatic carbocycles. The van der Waals surface area contributed by atoms with Gasteiger partial charge >= 0.3 is 5.97 Å². The molecule has 0 radical (unpaired) electrons. The molecule has 2 aromatic carbocycles. The van der Waals surface area contributed by atoms with Crippen molar-refractivity contribution in [3.63, 3.8) is 0 Å². The summed E-state index contributed by atoms with van der Waals surface area (Å²) in [4.78, 5) is 12.7. The standard InChI is InChI=1S/C35H46N2O10S2/c1-6-36-29-16-14-25(48(40,41)42)23-27(29)34(2,3)31(36)11-10-12-32-35(4,18-20-47-22-21-46-5)28-24-26(49(43,44)45)15-17-30(28)37(32)19-9-7-8-13-33(38)39/h10-12,14-17,23-24H,6-9,13,18-22H2,1-5H3,(H2-,38,39,40,41,42,43,44,45). The van der Waals surface area contributed by atoms with Crippen molar-refractivity contribution in [3.8, 4) is 0 Å². The van der Waals surface area contributed by atoms with Crippen molar-refractivity contribution in [3.05, 3.63) is 71.5 Å². The van der Waals surface area contributed by atoms with Gasteiger partial charge in [0.1, 0.15) is 16.7 Å². The lowest BCUT2D eigenvalue weighted by atomic mass is 9.78. The summed E-state index contributed by atoms with van der Waals surface area (Å²) in [7, 11) is -7.54. The molecule has 2 aliphatic heterocycles. The third kappa shape index (κ3) is 8.33. The van der Waals surface area contributed by atoms with Crippen molar-refractivity contribution in [2.75, 3.05) is 44.9 Å². The largest absolute Gasteiger partial charge is 0.744 e. The Kier molecular flexibility index (Phi) is 11.9. The quantitative estimate of drug-likeness (QED) is 0.126. The Balaban J connectivity index is 1.79. The topological polar surface area (TPSA) is 174 Å². The number of ether oxygens (including phenoxy) is 2. The van der Waals surface area contributed by atoms with Crippen LogP contribution in [0.3, 0.4) is 0 Å². The van der Waals surface area contributed by atoms with Crippen LogP contribution in [-0.2, 0) is 45.3 Å². The highest BCUT2D eigenvalue weighted by Gasteiger charge is 2.45. The number of anilines is 1. The van der Waals surface area contributed by atoms with E-state index < -0.39 is 37.0 Å². The van der Waals surface area contributed by atoms with Gasteiger partial charge in [-0.3, -0.25) is 9.35 Å². The van der Waals surface area contributed by atoms with Crippen LogP contribution in [0.5, 0.6) is 0 Å². The van der Waals surface area contributed by atoms with Gasteiger partial charge in [-0.25, -0.2) is 8.42 Å². The fourth-order valence-electron chi connectivity index (χ4n) is 6.82. The van der Waals surface area contributed by atoms with Crippen LogP contribution in [0.15, 0.2) is 70.1 Å². The lowest BCUT2D eigenvalue weighted by Crippen LogP contribution is -2.31. The molecule has 0 fully saturated rings. The average Bonchev–Trinajstić information content (AvgIpc) is 3.38. The first-order valence-electron chi connectivity index (χ1n) is 16.3. The smallest absolute Gasteiger partial charge is 0.303 e. The number of rotatable bonds is 17. The van der Waals surface area contributed by atoms with E-state index in [1.807, 2.05) is 45.9 Å². The van der Waals surface area contributed by atoms with E-state index in [1.165, 1.54) is 24.3 Å². The maximum atomic E-state index is 12.2. The molecule has 0 saturated carbocycles. The molecule has 49 heavy (non-hydrogen) atoms. The third-order valence-electron chi connectivity index (χ3n) is 9.43. The van der Waals surface area contributed by atoms with Crippen LogP contribution >= 0.6 is 0 Å². The molecule has 2 N–H and O–H groups in total. The number of allylic oxidation sites excluding steroid dienone is 4. The van der Waals surface area contributed by atoms with Crippen LogP contribution in [0.4, 0.5) is 11.4 Å². The minimum Gasteiger partial charge on any atom is -0.744 e. The second-order valence-corrected chi connectivity index (χ2v) is 15.8. The number of carbonyl (C=O) groups is 1. The molecule has 12 nitrogen and oxygen atoms in total. The molecular weight excluding hydrogens is 673 g/mol. The summed E-state index contributed by atoms with van der Waals surface area (Å²) >= 11 is 0. The number of carboxylic acid groups (broad SMARTS) is 1. The van der Waals surface area contributed by atoms with Crippen molar-refractivity contribution in [2.45, 2.75) is 80.4 Å². The van der Waals surface area contributed by atoms with E-state index in [9.17, 15) is 30.7 Å². The van der Waals surface area contributed by atoms with Crippen molar-refractivity contribution in [1.29, 1.82) is 0 Å². The van der Waals surface area contributed by atoms with Crippen LogP contribution in [-0.4, -0.2) is 87.3 Å². The molecule has 0 amide bonds. The second-order valence-electron chi connectivity index (χ2n) is 13.0. The highest BCUT2D eigenvalue weighted by Crippen LogP contribution is 2.51. The van der Waals surface area contributed by atoms with Gasteiger partial charge in [-0.1, -0.05) is 12.5 Å². The van der Waals surface area contributed by atoms with E-state index in [-0.39, 0.29) is 16.2 Å². The Morgan fingerprint density at radius 3 is 2.31 bits per heavy atom. The van der Waals surface area contributed by atoms with Gasteiger partial charge in [0, 0.05) is 61.2 Å². The van der Waals surface area contributed by atoms with E-state index in [2.05, 4.69) is 9.48 Å². The van der Waals surface area contributed by atoms with Crippen molar-refractivity contribution in [2.24, 2.45) is 0 Å². The molecular formula is C35H46N2O10S2. The van der Waals surface area contributed by atoms with Gasteiger partial charge in [-0.2, -0.15) is 13.0 Å². The highest BCUT2D eigenvalue weighted by atomic mass is 32.2. The number of fused-ring (bicyclic) bond motifs is 2. The normalized spacial score (nSPS) is 19.7. The lowest BCUT2D eigenvalue weighted by Gasteiger charge is -2.30. The van der Waals surface area contributed by atoms with Crippen molar-refractivity contribution in [1.82, 2.24) is 0 Å². The zero-order chi connectivity index (χ0) is 36.2. The predicted molar refractivity (Wildman–Crippen MR) is 184 cm³/mol. The minimum absolute atomic E-state index is 0.0726. The summed E-state index contributed by atoms with van der Waals surface area (Å²) < 4.78 is 82.9. The Morgan fingerprint density at radius 2 is 1.67 bits per heavy atom. The number of aliphatic carboxylic acids is 1. The number of unbranched alkanes of at least 4 members (excludes halogenated alkanes) is 2. The summed E-state index contributed by atoms with van der Waals surface area (Å²) in [6.07, 6.45) is 8.31. The number of hydrogen-bond donors (Lipinski definition) is 2. The third-order valence-corrected chi connectivity index (χ3v) is 11.1. The van der Waals surface area contributed by atoms with E-state index >= 15 is 0 Å². The first kappa shape index (κ1) is 38.4. The summed E-state index contributed by atoms with van der Waals surface area (Å²) in [6.45, 7) is 10.2. The van der Waals surface area contributed by atoms with Gasteiger partial charge in [0.25, 0.3) is 10.1 Å². The molecule has 268 valence electrons. The van der Waals surface area contributed by atoms with E-state index in [1.54, 1.807) is 19.2 Å². The first-order valence-corrected chi connectivity index (χ1v) is 19.1. The van der Waals surface area contributed by atoms with E-state index in [4.69, 9.17) is 14.6 Å². The summed E-state index contributed by atoms with van der Waals surface area (Å²) in [5.41, 5.74) is 3.44. The van der Waals surface area contributed by atoms with Crippen LogP contribution in [0, 0.1) is 0 Å². The minimum atomic E-state index is -4.64. The molecule has 0 saturated heterocycles. The van der Waals surface area contributed by atoms with Gasteiger partial charge in [-0.05, 0) is 88.9 Å². The molecule has 14 heteroatoms. The van der Waals surface area contributed by atoms with Crippen LogP contribution in [0.1, 0.15) is 70.9 Å². The van der Waals surface area contributed by atoms with Gasteiger partial charge in [-0.15, -0.1) is 0 Å². The fraction of sp³-hybridized carbons (Fsp3) is 0.486. The Hall–Kier alpha value is -3.40. The predicted octanol–water partition coefficient (Wildman–Crippen LogP) is 5.15. The van der Waals surface area contributed by atoms with Gasteiger partial charge in [0.05, 0.1) is 28.4 Å². The summed E-state index contributed by atoms with van der Waals surface area (Å²) in [6, 6.07) is 9.03. The van der Waals surface area contributed by atoms with E-state index in [0.717, 1.165) is 28.3 Å². The average molecular weight is 719 g/mol. The summed E-state index contributed by atoms with van der Waals surface area (Å²) in [5.74, 6) is -0.850. The van der Waals surface area contributed by atoms with Gasteiger partial charge < -0.3 is 24.0 Å². The zero-order valence-corrected chi connectivity index (χ0v) is 30.3. The number of benzene rings is 2.